The van der Waals surface area contributed by atoms with Crippen molar-refractivity contribution in [3.8, 4) is 16.9 Å². The number of carbonyl (C=O) groups excluding carboxylic acids is 1. The lowest BCUT2D eigenvalue weighted by atomic mass is 9.90. The summed E-state index contributed by atoms with van der Waals surface area (Å²) >= 11 is 0. The highest BCUT2D eigenvalue weighted by molar-refractivity contribution is 7.89. The highest BCUT2D eigenvalue weighted by atomic mass is 32.2. The van der Waals surface area contributed by atoms with E-state index in [1.165, 1.54) is 19.9 Å². The fraction of sp³-hybridized carbons (Fsp3) is 0.310. The topological polar surface area (TPSA) is 110 Å². The van der Waals surface area contributed by atoms with E-state index in [-0.39, 0.29) is 18.0 Å². The predicted octanol–water partition coefficient (Wildman–Crippen LogP) is 5.86. The SMILES string of the molecule is CC(C)[C@@H](NS(=O)(=O)c1ccc(-c2ccc(COc3ccc4c(c3)CCCC4=O)cc2)cc1C(F)(F)F)C(=O)O. The van der Waals surface area contributed by atoms with Crippen molar-refractivity contribution >= 4 is 21.8 Å². The molecule has 1 aliphatic carbocycles. The number of fused-ring (bicyclic) bond motifs is 1. The highest BCUT2D eigenvalue weighted by Crippen LogP contribution is 2.37. The van der Waals surface area contributed by atoms with Gasteiger partial charge in [-0.15, -0.1) is 0 Å². The average Bonchev–Trinajstić information content (AvgIpc) is 2.90. The van der Waals surface area contributed by atoms with Gasteiger partial charge >= 0.3 is 12.1 Å². The van der Waals surface area contributed by atoms with E-state index in [2.05, 4.69) is 0 Å². The van der Waals surface area contributed by atoms with Gasteiger partial charge in [0.25, 0.3) is 0 Å². The van der Waals surface area contributed by atoms with Gasteiger partial charge in [0.05, 0.1) is 10.5 Å². The maximum atomic E-state index is 13.9. The van der Waals surface area contributed by atoms with Gasteiger partial charge in [0.2, 0.25) is 10.0 Å². The van der Waals surface area contributed by atoms with Crippen LogP contribution in [0.2, 0.25) is 0 Å². The van der Waals surface area contributed by atoms with Gasteiger partial charge in [0, 0.05) is 12.0 Å². The maximum Gasteiger partial charge on any atom is 0.417 e. The first kappa shape index (κ1) is 29.3. The number of carboxylic acid groups (broad SMARTS) is 1. The van der Waals surface area contributed by atoms with Crippen LogP contribution in [0, 0.1) is 5.92 Å². The summed E-state index contributed by atoms with van der Waals surface area (Å²) in [6.07, 6.45) is -2.86. The van der Waals surface area contributed by atoms with E-state index in [1.54, 1.807) is 36.4 Å². The lowest BCUT2D eigenvalue weighted by molar-refractivity contribution is -0.140. The quantitative estimate of drug-likeness (QED) is 0.331. The lowest BCUT2D eigenvalue weighted by Gasteiger charge is -2.20. The Morgan fingerprint density at radius 3 is 2.30 bits per heavy atom. The van der Waals surface area contributed by atoms with Crippen molar-refractivity contribution < 1.29 is 41.0 Å². The fourth-order valence-electron chi connectivity index (χ4n) is 4.54. The molecule has 4 rings (SSSR count). The van der Waals surface area contributed by atoms with Crippen molar-refractivity contribution in [2.24, 2.45) is 5.92 Å². The molecule has 11 heteroatoms. The molecule has 0 amide bonds. The first-order valence-electron chi connectivity index (χ1n) is 12.6. The number of carbonyl (C=O) groups is 2. The van der Waals surface area contributed by atoms with Gasteiger partial charge in [-0.1, -0.05) is 44.2 Å². The third-order valence-electron chi connectivity index (χ3n) is 6.71. The Morgan fingerprint density at radius 1 is 1.00 bits per heavy atom. The van der Waals surface area contributed by atoms with Crippen molar-refractivity contribution in [1.82, 2.24) is 4.72 Å². The minimum Gasteiger partial charge on any atom is -0.489 e. The number of hydrogen-bond acceptors (Lipinski definition) is 5. The molecule has 0 aliphatic heterocycles. The van der Waals surface area contributed by atoms with Gasteiger partial charge in [-0.05, 0) is 71.3 Å². The number of halogens is 3. The number of rotatable bonds is 9. The molecular weight excluding hydrogens is 547 g/mol. The van der Waals surface area contributed by atoms with Crippen LogP contribution in [0.15, 0.2) is 65.6 Å². The van der Waals surface area contributed by atoms with Crippen molar-refractivity contribution in [2.45, 2.75) is 56.8 Å². The van der Waals surface area contributed by atoms with E-state index in [0.29, 0.717) is 17.7 Å². The summed E-state index contributed by atoms with van der Waals surface area (Å²) in [5.74, 6) is -1.45. The van der Waals surface area contributed by atoms with E-state index in [1.807, 2.05) is 10.8 Å². The number of aliphatic carboxylic acids is 1. The standard InChI is InChI=1S/C29H28F3NO6S/c1-17(2)27(28(35)36)33-40(37,38)26-13-10-20(15-24(26)29(30,31)32)19-8-6-18(7-9-19)16-39-22-11-12-23-21(14-22)4-3-5-25(23)34/h6-15,17,27,33H,3-5,16H2,1-2H3,(H,35,36)/t27-/m1/s1. The summed E-state index contributed by atoms with van der Waals surface area (Å²) in [4.78, 5) is 22.4. The molecule has 0 bridgehead atoms. The minimum atomic E-state index is -5.01. The van der Waals surface area contributed by atoms with Crippen LogP contribution in [-0.4, -0.2) is 31.3 Å². The Hall–Kier alpha value is -3.70. The first-order chi connectivity index (χ1) is 18.8. The third-order valence-corrected chi connectivity index (χ3v) is 8.21. The molecule has 0 spiro atoms. The van der Waals surface area contributed by atoms with Crippen LogP contribution in [0.5, 0.6) is 5.75 Å². The first-order valence-corrected chi connectivity index (χ1v) is 14.1. The Bertz CT molecular complexity index is 1530. The van der Waals surface area contributed by atoms with Crippen LogP contribution >= 0.6 is 0 Å². The summed E-state index contributed by atoms with van der Waals surface area (Å²) in [5.41, 5.74) is 1.58. The van der Waals surface area contributed by atoms with Gasteiger partial charge < -0.3 is 9.84 Å². The molecular formula is C29H28F3NO6S. The van der Waals surface area contributed by atoms with Crippen LogP contribution in [-0.2, 0) is 34.0 Å². The van der Waals surface area contributed by atoms with Crippen LogP contribution in [0.1, 0.15) is 53.7 Å². The van der Waals surface area contributed by atoms with Crippen molar-refractivity contribution in [2.75, 3.05) is 0 Å². The summed E-state index contributed by atoms with van der Waals surface area (Å²) in [6, 6.07) is 13.2. The molecule has 2 N–H and O–H groups in total. The lowest BCUT2D eigenvalue weighted by Crippen LogP contribution is -2.44. The molecule has 3 aromatic rings. The number of benzene rings is 3. The zero-order valence-electron chi connectivity index (χ0n) is 21.8. The zero-order valence-corrected chi connectivity index (χ0v) is 22.6. The summed E-state index contributed by atoms with van der Waals surface area (Å²) in [6.45, 7) is 3.09. The second-order valence-electron chi connectivity index (χ2n) is 9.97. The van der Waals surface area contributed by atoms with E-state index in [4.69, 9.17) is 4.74 Å². The van der Waals surface area contributed by atoms with Crippen LogP contribution < -0.4 is 9.46 Å². The number of sulfonamides is 1. The van der Waals surface area contributed by atoms with Gasteiger partial charge in [-0.2, -0.15) is 17.9 Å². The fourth-order valence-corrected chi connectivity index (χ4v) is 6.09. The molecule has 0 saturated carbocycles. The molecule has 0 aromatic heterocycles. The summed E-state index contributed by atoms with van der Waals surface area (Å²) in [7, 11) is -4.80. The third kappa shape index (κ3) is 6.53. The number of hydrogen-bond donors (Lipinski definition) is 2. The van der Waals surface area contributed by atoms with Crippen molar-refractivity contribution in [3.05, 3.63) is 82.9 Å². The molecule has 0 saturated heterocycles. The molecule has 212 valence electrons. The molecule has 1 aliphatic rings. The number of carboxylic acids is 1. The number of ketones is 1. The highest BCUT2D eigenvalue weighted by Gasteiger charge is 2.39. The Morgan fingerprint density at radius 2 is 1.68 bits per heavy atom. The molecule has 1 atom stereocenters. The normalized spacial score (nSPS) is 14.6. The largest absolute Gasteiger partial charge is 0.489 e. The molecule has 3 aromatic carbocycles. The molecule has 0 radical (unpaired) electrons. The zero-order chi connectivity index (χ0) is 29.2. The van der Waals surface area contributed by atoms with E-state index < -0.39 is 44.6 Å². The molecule has 0 unspecified atom stereocenters. The van der Waals surface area contributed by atoms with E-state index >= 15 is 0 Å². The van der Waals surface area contributed by atoms with Crippen molar-refractivity contribution in [1.29, 1.82) is 0 Å². The predicted molar refractivity (Wildman–Crippen MR) is 142 cm³/mol. The summed E-state index contributed by atoms with van der Waals surface area (Å²) in [5, 5.41) is 9.29. The second kappa shape index (κ2) is 11.4. The van der Waals surface area contributed by atoms with Gasteiger partial charge in [-0.3, -0.25) is 9.59 Å². The average molecular weight is 576 g/mol. The van der Waals surface area contributed by atoms with Crippen molar-refractivity contribution in [3.63, 3.8) is 0 Å². The molecule has 0 fully saturated rings. The molecule has 7 nitrogen and oxygen atoms in total. The number of nitrogens with one attached hydrogen (secondary N) is 1. The molecule has 0 heterocycles. The Kier molecular flexibility index (Phi) is 8.36. The number of Topliss-reactive ketones (excluding diaryl/α,β-unsaturated/α-hetero) is 1. The summed E-state index contributed by atoms with van der Waals surface area (Å²) < 4.78 is 75.1. The smallest absolute Gasteiger partial charge is 0.417 e. The monoisotopic (exact) mass is 575 g/mol. The van der Waals surface area contributed by atoms with Crippen LogP contribution in [0.4, 0.5) is 13.2 Å². The molecule has 40 heavy (non-hydrogen) atoms. The second-order valence-corrected chi connectivity index (χ2v) is 11.7. The van der Waals surface area contributed by atoms with Crippen LogP contribution in [0.3, 0.4) is 0 Å². The number of ether oxygens (including phenoxy) is 1. The Labute approximate surface area is 230 Å². The Balaban J connectivity index is 1.54. The number of alkyl halides is 3. The van der Waals surface area contributed by atoms with Gasteiger partial charge in [-0.25, -0.2) is 8.42 Å². The minimum absolute atomic E-state index is 0.124. The van der Waals surface area contributed by atoms with Gasteiger partial charge in [0.1, 0.15) is 18.4 Å². The van der Waals surface area contributed by atoms with E-state index in [9.17, 15) is 36.3 Å². The van der Waals surface area contributed by atoms with E-state index in [0.717, 1.165) is 41.7 Å². The van der Waals surface area contributed by atoms with Gasteiger partial charge in [0.15, 0.2) is 5.78 Å². The number of aryl methyl sites for hydroxylation is 1. The van der Waals surface area contributed by atoms with Crippen LogP contribution in [0.25, 0.3) is 11.1 Å². The maximum absolute atomic E-state index is 13.9.